The maximum absolute atomic E-state index is 14.3. The van der Waals surface area contributed by atoms with E-state index in [4.69, 9.17) is 9.47 Å². The van der Waals surface area contributed by atoms with E-state index in [1.807, 2.05) is 20.9 Å². The van der Waals surface area contributed by atoms with Crippen LogP contribution in [0.25, 0.3) is 0 Å². The number of hydrogen-bond acceptors (Lipinski definition) is 7. The monoisotopic (exact) mass is 675 g/mol. The zero-order chi connectivity index (χ0) is 34.1. The highest BCUT2D eigenvalue weighted by Gasteiger charge is 2.32. The molecule has 4 rings (SSSR count). The minimum Gasteiger partial charge on any atom is -0.490 e. The van der Waals surface area contributed by atoms with E-state index in [0.717, 1.165) is 69.2 Å². The Kier molecular flexibility index (Phi) is 13.0. The van der Waals surface area contributed by atoms with Crippen molar-refractivity contribution in [2.24, 2.45) is 11.8 Å². The first-order valence-corrected chi connectivity index (χ1v) is 18.3. The van der Waals surface area contributed by atoms with Gasteiger partial charge in [0.25, 0.3) is 15.9 Å². The molecular formula is C35H50FN3O7S. The number of hydrogen-bond donors (Lipinski definition) is 2. The molecule has 2 aliphatic rings. The molecule has 47 heavy (non-hydrogen) atoms. The number of halogens is 1. The molecule has 1 heterocycles. The maximum atomic E-state index is 14.3. The SMILES string of the molecule is C[C@@H]1CCCCO[C@@H](CN(C)C(=O)C2CCCCC2)[C@@H](C)CN([C@@H](C)CO)C(=O)c2cc(NS(=O)(=O)c3ccc(F)cc3)ccc2O1. The van der Waals surface area contributed by atoms with Crippen molar-refractivity contribution in [2.75, 3.05) is 38.1 Å². The summed E-state index contributed by atoms with van der Waals surface area (Å²) in [6.45, 7) is 6.45. The third-order valence-corrected chi connectivity index (χ3v) is 10.6. The predicted octanol–water partition coefficient (Wildman–Crippen LogP) is 5.46. The Morgan fingerprint density at radius 3 is 2.43 bits per heavy atom. The molecule has 0 aromatic heterocycles. The average Bonchev–Trinajstić information content (AvgIpc) is 3.06. The molecule has 2 aromatic carbocycles. The van der Waals surface area contributed by atoms with Crippen LogP contribution in [0.4, 0.5) is 10.1 Å². The second kappa shape index (κ2) is 16.7. The number of aliphatic hydroxyl groups is 1. The fourth-order valence-electron chi connectivity index (χ4n) is 6.30. The first-order chi connectivity index (χ1) is 22.4. The Hall–Kier alpha value is -3.22. The third kappa shape index (κ3) is 9.90. The highest BCUT2D eigenvalue weighted by atomic mass is 32.2. The summed E-state index contributed by atoms with van der Waals surface area (Å²) < 4.78 is 54.7. The van der Waals surface area contributed by atoms with Crippen LogP contribution in [-0.4, -0.2) is 86.7 Å². The molecule has 0 saturated heterocycles. The molecule has 0 unspecified atom stereocenters. The number of sulfonamides is 1. The van der Waals surface area contributed by atoms with E-state index in [0.29, 0.717) is 25.3 Å². The number of carbonyl (C=O) groups is 2. The van der Waals surface area contributed by atoms with E-state index in [-0.39, 0.29) is 59.2 Å². The number of nitrogens with zero attached hydrogens (tertiary/aromatic N) is 2. The molecule has 1 aliphatic carbocycles. The van der Waals surface area contributed by atoms with Gasteiger partial charge in [-0.05, 0) is 88.4 Å². The first kappa shape index (κ1) is 36.6. The number of likely N-dealkylation sites (N-methyl/N-ethyl adjacent to an activating group) is 1. The van der Waals surface area contributed by atoms with Gasteiger partial charge in [-0.1, -0.05) is 26.2 Å². The van der Waals surface area contributed by atoms with Gasteiger partial charge in [0.1, 0.15) is 11.6 Å². The minimum absolute atomic E-state index is 0.0303. The van der Waals surface area contributed by atoms with Crippen LogP contribution >= 0.6 is 0 Å². The minimum atomic E-state index is -4.08. The van der Waals surface area contributed by atoms with Crippen molar-refractivity contribution in [3.8, 4) is 5.75 Å². The van der Waals surface area contributed by atoms with Gasteiger partial charge in [-0.3, -0.25) is 14.3 Å². The lowest BCUT2D eigenvalue weighted by atomic mass is 9.88. The van der Waals surface area contributed by atoms with Gasteiger partial charge in [-0.25, -0.2) is 12.8 Å². The summed E-state index contributed by atoms with van der Waals surface area (Å²) >= 11 is 0. The van der Waals surface area contributed by atoms with Gasteiger partial charge in [0, 0.05) is 44.3 Å². The molecule has 260 valence electrons. The summed E-state index contributed by atoms with van der Waals surface area (Å²) in [6, 6.07) is 8.40. The van der Waals surface area contributed by atoms with Crippen LogP contribution in [0.5, 0.6) is 5.75 Å². The molecule has 1 saturated carbocycles. The molecule has 2 amide bonds. The Balaban J connectivity index is 1.64. The van der Waals surface area contributed by atoms with Gasteiger partial charge in [-0.2, -0.15) is 0 Å². The molecule has 1 fully saturated rings. The second-order valence-corrected chi connectivity index (χ2v) is 14.8. The molecule has 12 heteroatoms. The highest BCUT2D eigenvalue weighted by molar-refractivity contribution is 7.92. The smallest absolute Gasteiger partial charge is 0.261 e. The Labute approximate surface area is 278 Å². The van der Waals surface area contributed by atoms with Crippen LogP contribution in [0.2, 0.25) is 0 Å². The number of benzene rings is 2. The zero-order valence-corrected chi connectivity index (χ0v) is 28.8. The van der Waals surface area contributed by atoms with Crippen LogP contribution in [0.15, 0.2) is 47.4 Å². The molecule has 10 nitrogen and oxygen atoms in total. The number of aliphatic hydroxyl groups excluding tert-OH is 1. The van der Waals surface area contributed by atoms with E-state index >= 15 is 0 Å². The van der Waals surface area contributed by atoms with Crippen LogP contribution in [0, 0.1) is 17.7 Å². The lowest BCUT2D eigenvalue weighted by Crippen LogP contribution is -2.48. The molecule has 4 atom stereocenters. The van der Waals surface area contributed by atoms with Crippen molar-refractivity contribution < 1.29 is 37.0 Å². The topological polar surface area (TPSA) is 125 Å². The molecule has 0 spiro atoms. The number of rotatable bonds is 8. The van der Waals surface area contributed by atoms with Gasteiger partial charge in [0.15, 0.2) is 0 Å². The number of fused-ring (bicyclic) bond motifs is 1. The van der Waals surface area contributed by atoms with Crippen LogP contribution in [0.1, 0.15) is 82.5 Å². The summed E-state index contributed by atoms with van der Waals surface area (Å²) in [5.41, 5.74) is 0.273. The predicted molar refractivity (Wildman–Crippen MR) is 178 cm³/mol. The molecular weight excluding hydrogens is 625 g/mol. The van der Waals surface area contributed by atoms with E-state index in [1.165, 1.54) is 12.1 Å². The molecule has 0 radical (unpaired) electrons. The maximum Gasteiger partial charge on any atom is 0.261 e. The van der Waals surface area contributed by atoms with Crippen LogP contribution in [0.3, 0.4) is 0 Å². The van der Waals surface area contributed by atoms with E-state index in [9.17, 15) is 27.5 Å². The summed E-state index contributed by atoms with van der Waals surface area (Å²) in [7, 11) is -2.26. The quantitative estimate of drug-likeness (QED) is 0.381. The zero-order valence-electron chi connectivity index (χ0n) is 28.0. The van der Waals surface area contributed by atoms with Crippen molar-refractivity contribution in [2.45, 2.75) is 95.3 Å². The second-order valence-electron chi connectivity index (χ2n) is 13.1. The molecule has 0 bridgehead atoms. The van der Waals surface area contributed by atoms with E-state index < -0.39 is 27.8 Å². The van der Waals surface area contributed by atoms with Gasteiger partial charge >= 0.3 is 0 Å². The van der Waals surface area contributed by atoms with Gasteiger partial charge < -0.3 is 24.4 Å². The largest absolute Gasteiger partial charge is 0.490 e. The summed E-state index contributed by atoms with van der Waals surface area (Å²) in [4.78, 5) is 30.9. The van der Waals surface area contributed by atoms with Crippen LogP contribution in [-0.2, 0) is 19.6 Å². The highest BCUT2D eigenvalue weighted by Crippen LogP contribution is 2.30. The van der Waals surface area contributed by atoms with Crippen molar-refractivity contribution in [3.63, 3.8) is 0 Å². The fourth-order valence-corrected chi connectivity index (χ4v) is 7.35. The normalized spacial score (nSPS) is 22.8. The Bertz CT molecular complexity index is 1450. The van der Waals surface area contributed by atoms with E-state index in [1.54, 1.807) is 22.8 Å². The molecule has 2 aromatic rings. The number of carbonyl (C=O) groups excluding carboxylic acids is 2. The average molecular weight is 676 g/mol. The lowest BCUT2D eigenvalue weighted by Gasteiger charge is -2.36. The van der Waals surface area contributed by atoms with Crippen molar-refractivity contribution in [3.05, 3.63) is 53.8 Å². The van der Waals surface area contributed by atoms with Gasteiger partial charge in [0.2, 0.25) is 5.91 Å². The summed E-state index contributed by atoms with van der Waals surface area (Å²) in [6.07, 6.45) is 6.83. The first-order valence-electron chi connectivity index (χ1n) is 16.8. The number of anilines is 1. The van der Waals surface area contributed by atoms with Crippen LogP contribution < -0.4 is 9.46 Å². The summed E-state index contributed by atoms with van der Waals surface area (Å²) in [5.74, 6) is -0.742. The van der Waals surface area contributed by atoms with Crippen molar-refractivity contribution >= 4 is 27.5 Å². The fraction of sp³-hybridized carbons (Fsp3) is 0.600. The van der Waals surface area contributed by atoms with Crippen molar-refractivity contribution in [1.29, 1.82) is 0 Å². The standard InChI is InChI=1S/C35H50FN3O7S/c1-24-21-39(25(2)23-40)35(42)31-20-29(37-47(43,44)30-16-13-28(36)14-17-30)15-18-32(31)46-26(3)10-8-9-19-45-33(24)22-38(4)34(41)27-11-6-5-7-12-27/h13-18,20,24-27,33,37,40H,5-12,19,21-23H2,1-4H3/t24-,25-,26+,33-/m0/s1. The number of amides is 2. The Morgan fingerprint density at radius 1 is 1.06 bits per heavy atom. The molecule has 1 aliphatic heterocycles. The third-order valence-electron chi connectivity index (χ3n) is 9.21. The van der Waals surface area contributed by atoms with E-state index in [2.05, 4.69) is 4.72 Å². The molecule has 2 N–H and O–H groups in total. The lowest BCUT2D eigenvalue weighted by molar-refractivity contribution is -0.137. The van der Waals surface area contributed by atoms with Gasteiger partial charge in [0.05, 0.1) is 35.3 Å². The summed E-state index contributed by atoms with van der Waals surface area (Å²) in [5, 5.41) is 10.2. The Morgan fingerprint density at radius 2 is 1.74 bits per heavy atom. The number of nitrogens with one attached hydrogen (secondary N) is 1. The number of ether oxygens (including phenoxy) is 2. The van der Waals surface area contributed by atoms with Gasteiger partial charge in [-0.15, -0.1) is 0 Å². The van der Waals surface area contributed by atoms with Crippen molar-refractivity contribution in [1.82, 2.24) is 9.80 Å².